The molecule has 1 atom stereocenters. The molecule has 0 radical (unpaired) electrons. The fraction of sp³-hybridized carbons (Fsp3) is 0.250. The number of aryl methyl sites for hydroxylation is 1. The van der Waals surface area contributed by atoms with Crippen LogP contribution in [0.2, 0.25) is 0 Å². The minimum Gasteiger partial charge on any atom is -0.687 e. The van der Waals surface area contributed by atoms with Crippen LogP contribution in [0.4, 0.5) is 0 Å². The van der Waals surface area contributed by atoms with E-state index in [4.69, 9.17) is 4.55 Å². The third-order valence-corrected chi connectivity index (χ3v) is 7.73. The van der Waals surface area contributed by atoms with E-state index in [0.717, 1.165) is 21.2 Å². The molecule has 0 saturated carbocycles. The number of rotatable bonds is 7. The second-order valence-electron chi connectivity index (χ2n) is 5.61. The van der Waals surface area contributed by atoms with E-state index in [1.165, 1.54) is 0 Å². The first-order valence-corrected chi connectivity index (χ1v) is 11.3. The van der Waals surface area contributed by atoms with Gasteiger partial charge in [0.1, 0.15) is 0 Å². The summed E-state index contributed by atoms with van der Waals surface area (Å²) in [5.41, 5.74) is 2.93. The van der Waals surface area contributed by atoms with Gasteiger partial charge in [-0.2, -0.15) is 8.42 Å². The summed E-state index contributed by atoms with van der Waals surface area (Å²) < 4.78 is 31.9. The SMILES string of the molecule is O=S(=O)(O)C(CCCc1ccc(-c2ccc(Br)cc2)cc1)[P+]([O-])([O-])[O-].[K+].[K+].[K+]. The van der Waals surface area contributed by atoms with Crippen molar-refractivity contribution >= 4 is 34.0 Å². The summed E-state index contributed by atoms with van der Waals surface area (Å²) in [6.07, 6.45) is 0.112. The smallest absolute Gasteiger partial charge is 0.687 e. The zero-order valence-electron chi connectivity index (χ0n) is 16.0. The minimum absolute atomic E-state index is 0. The van der Waals surface area contributed by atoms with Crippen LogP contribution in [0, 0.1) is 0 Å². The molecule has 0 spiro atoms. The van der Waals surface area contributed by atoms with Crippen molar-refractivity contribution in [2.45, 2.75) is 24.3 Å². The molecule has 0 saturated heterocycles. The average molecular weight is 565 g/mol. The van der Waals surface area contributed by atoms with Crippen LogP contribution in [0.15, 0.2) is 53.0 Å². The summed E-state index contributed by atoms with van der Waals surface area (Å²) >= 11 is 3.37. The Hall–Kier alpha value is 4.05. The summed E-state index contributed by atoms with van der Waals surface area (Å²) in [7, 11) is -10.3. The zero-order chi connectivity index (χ0) is 18.7. The topological polar surface area (TPSA) is 124 Å². The predicted molar refractivity (Wildman–Crippen MR) is 94.8 cm³/mol. The van der Waals surface area contributed by atoms with Crippen LogP contribution in [0.1, 0.15) is 18.4 Å². The van der Waals surface area contributed by atoms with Crippen molar-refractivity contribution in [1.29, 1.82) is 0 Å². The quantitative estimate of drug-likeness (QED) is 0.203. The molecule has 1 unspecified atom stereocenters. The van der Waals surface area contributed by atoms with Crippen molar-refractivity contribution < 1.29 is 182 Å². The summed E-state index contributed by atoms with van der Waals surface area (Å²) in [4.78, 5) is 30.6. The summed E-state index contributed by atoms with van der Waals surface area (Å²) in [5.74, 6) is 0. The molecule has 0 bridgehead atoms. The molecule has 0 aliphatic heterocycles. The second kappa shape index (κ2) is 15.9. The van der Waals surface area contributed by atoms with Gasteiger partial charge < -0.3 is 14.7 Å². The van der Waals surface area contributed by atoms with Crippen LogP contribution in [-0.4, -0.2) is 18.0 Å². The van der Waals surface area contributed by atoms with Gasteiger partial charge in [-0.1, -0.05) is 52.3 Å². The summed E-state index contributed by atoms with van der Waals surface area (Å²) in [6, 6.07) is 15.3. The maximum Gasteiger partial charge on any atom is 1.00 e. The fourth-order valence-corrected chi connectivity index (χ4v) is 4.99. The van der Waals surface area contributed by atoms with Crippen molar-refractivity contribution in [3.8, 4) is 11.1 Å². The first-order chi connectivity index (χ1) is 11.6. The number of hydrogen-bond donors (Lipinski definition) is 1. The van der Waals surface area contributed by atoms with Crippen molar-refractivity contribution in [3.63, 3.8) is 0 Å². The molecule has 136 valence electrons. The maximum atomic E-state index is 11.0. The van der Waals surface area contributed by atoms with Crippen LogP contribution in [0.25, 0.3) is 11.1 Å². The van der Waals surface area contributed by atoms with Gasteiger partial charge in [-0.25, -0.2) is 0 Å². The Labute approximate surface area is 302 Å². The Bertz CT molecular complexity index is 814. The summed E-state index contributed by atoms with van der Waals surface area (Å²) in [6.45, 7) is 0. The van der Waals surface area contributed by atoms with E-state index in [0.29, 0.717) is 6.42 Å². The molecule has 0 amide bonds. The largest absolute Gasteiger partial charge is 1.00 e. The second-order valence-corrected chi connectivity index (χ2v) is 10.2. The first-order valence-electron chi connectivity index (χ1n) is 7.40. The molecule has 6 nitrogen and oxygen atoms in total. The van der Waals surface area contributed by atoms with Crippen LogP contribution in [0.5, 0.6) is 0 Å². The van der Waals surface area contributed by atoms with Gasteiger partial charge in [0.2, 0.25) is 0 Å². The Kier molecular flexibility index (Phi) is 19.4. The molecule has 2 aromatic carbocycles. The van der Waals surface area contributed by atoms with Gasteiger partial charge in [-0.05, 0) is 41.7 Å². The van der Waals surface area contributed by atoms with Crippen molar-refractivity contribution in [2.75, 3.05) is 0 Å². The van der Waals surface area contributed by atoms with Gasteiger partial charge in [-0.3, -0.25) is 4.55 Å². The molecule has 1 N–H and O–H groups in total. The van der Waals surface area contributed by atoms with Crippen LogP contribution in [0.3, 0.4) is 0 Å². The minimum atomic E-state index is -5.41. The molecule has 0 aromatic heterocycles. The predicted octanol–water partition coefficient (Wildman–Crippen LogP) is -7.49. The molecular weight excluding hydrogens is 548 g/mol. The van der Waals surface area contributed by atoms with Crippen molar-refractivity contribution in [2.24, 2.45) is 0 Å². The Morgan fingerprint density at radius 3 is 1.71 bits per heavy atom. The molecule has 0 aliphatic rings. The van der Waals surface area contributed by atoms with Crippen LogP contribution >= 0.6 is 23.9 Å². The van der Waals surface area contributed by atoms with Gasteiger partial charge in [0.15, 0.2) is 4.99 Å². The molecule has 2 aromatic rings. The standard InChI is InChI=1S/C16H18BrO6PS.3K/c17-15-10-8-14(9-11-15)13-6-4-12(5-7-13)2-1-3-16(24(18,19)20)25(21,22)23;;;/h4-11,16H,1-3H2,(H2,18,19,20)(H,21,22,23);;;/q;3*+1/p-2. The normalized spacial score (nSPS) is 12.2. The first kappa shape index (κ1) is 34.2. The number of halogens is 1. The van der Waals surface area contributed by atoms with Gasteiger partial charge in [0, 0.05) is 10.9 Å². The van der Waals surface area contributed by atoms with Crippen molar-refractivity contribution in [3.05, 3.63) is 58.6 Å². The van der Waals surface area contributed by atoms with E-state index in [-0.39, 0.29) is 161 Å². The molecule has 0 heterocycles. The third-order valence-electron chi connectivity index (χ3n) is 3.74. The maximum absolute atomic E-state index is 11.0. The fourth-order valence-electron chi connectivity index (χ4n) is 2.46. The van der Waals surface area contributed by atoms with Crippen LogP contribution < -0.4 is 169 Å². The zero-order valence-corrected chi connectivity index (χ0v) is 28.7. The van der Waals surface area contributed by atoms with Gasteiger partial charge in [0.25, 0.3) is 0 Å². The number of benzene rings is 2. The molecular formula is C16H16BrK3O6PS+. The van der Waals surface area contributed by atoms with Gasteiger partial charge in [0.05, 0.1) is 0 Å². The monoisotopic (exact) mass is 563 g/mol. The Morgan fingerprint density at radius 1 is 0.893 bits per heavy atom. The molecule has 2 rings (SSSR count). The van der Waals surface area contributed by atoms with Gasteiger partial charge in [-0.15, -0.1) is 7.94 Å². The van der Waals surface area contributed by atoms with E-state index >= 15 is 0 Å². The van der Waals surface area contributed by atoms with E-state index in [1.54, 1.807) is 0 Å². The Morgan fingerprint density at radius 2 is 1.32 bits per heavy atom. The van der Waals surface area contributed by atoms with E-state index in [2.05, 4.69) is 15.9 Å². The van der Waals surface area contributed by atoms with E-state index in [9.17, 15) is 23.1 Å². The average Bonchev–Trinajstić information content (AvgIpc) is 2.50. The summed E-state index contributed by atoms with van der Waals surface area (Å²) in [5, 5.41) is 0. The molecule has 28 heavy (non-hydrogen) atoms. The van der Waals surface area contributed by atoms with Gasteiger partial charge >= 0.3 is 164 Å². The van der Waals surface area contributed by atoms with Crippen molar-refractivity contribution in [1.82, 2.24) is 0 Å². The molecule has 0 fully saturated rings. The van der Waals surface area contributed by atoms with Crippen LogP contribution in [-0.2, 0) is 16.5 Å². The number of hydrogen-bond acceptors (Lipinski definition) is 5. The van der Waals surface area contributed by atoms with E-state index in [1.807, 2.05) is 48.5 Å². The molecule has 0 aliphatic carbocycles. The Balaban J connectivity index is 0. The molecule has 12 heteroatoms. The third kappa shape index (κ3) is 12.0. The van der Waals surface area contributed by atoms with E-state index < -0.39 is 29.5 Å².